The molecule has 2 aliphatic rings. The fourth-order valence-corrected chi connectivity index (χ4v) is 3.96. The molecule has 2 aliphatic heterocycles. The second-order valence-electron chi connectivity index (χ2n) is 7.42. The standard InChI is InChI=1S/C27H18O2/c1-2-5-21-15-25-22(14-20(21)4-1)6-3-7-26(25)28-17-18-8-10-19(11-9-18)24-13-12-23-16-27(24)29-23/h1-16H,17H2. The molecule has 138 valence electrons. The molecule has 2 heterocycles. The predicted molar refractivity (Wildman–Crippen MR) is 118 cm³/mol. The maximum absolute atomic E-state index is 6.21. The highest BCUT2D eigenvalue weighted by atomic mass is 16.5. The summed E-state index contributed by atoms with van der Waals surface area (Å²) in [5, 5.41) is 4.82. The summed E-state index contributed by atoms with van der Waals surface area (Å²) in [6.07, 6.45) is 0. The Morgan fingerprint density at radius 2 is 1.41 bits per heavy atom. The third kappa shape index (κ3) is 2.81. The highest BCUT2D eigenvalue weighted by Gasteiger charge is 2.16. The molecule has 0 fully saturated rings. The molecule has 0 unspecified atom stereocenters. The molecule has 0 saturated carbocycles. The lowest BCUT2D eigenvalue weighted by atomic mass is 10.0. The molecule has 0 aliphatic carbocycles. The molecule has 0 saturated heterocycles. The summed E-state index contributed by atoms with van der Waals surface area (Å²) in [6, 6.07) is 33.8. The van der Waals surface area contributed by atoms with Crippen molar-refractivity contribution in [2.75, 3.05) is 0 Å². The molecule has 0 aromatic heterocycles. The Balaban J connectivity index is 1.27. The van der Waals surface area contributed by atoms with Gasteiger partial charge in [0.05, 0.1) is 0 Å². The third-order valence-corrected chi connectivity index (χ3v) is 5.55. The van der Waals surface area contributed by atoms with E-state index in [4.69, 9.17) is 9.47 Å². The second kappa shape index (κ2) is 6.39. The van der Waals surface area contributed by atoms with Gasteiger partial charge in [-0.2, -0.15) is 0 Å². The van der Waals surface area contributed by atoms with Gasteiger partial charge in [-0.3, -0.25) is 0 Å². The van der Waals surface area contributed by atoms with Gasteiger partial charge in [0.25, 0.3) is 0 Å². The Hall–Kier alpha value is -3.78. The minimum Gasteiger partial charge on any atom is -0.488 e. The van der Waals surface area contributed by atoms with Crippen molar-refractivity contribution in [2.24, 2.45) is 0 Å². The molecular formula is C27H18O2. The topological polar surface area (TPSA) is 18.5 Å². The van der Waals surface area contributed by atoms with Gasteiger partial charge in [-0.1, -0.05) is 60.7 Å². The van der Waals surface area contributed by atoms with E-state index in [9.17, 15) is 0 Å². The molecule has 2 nitrogen and oxygen atoms in total. The minimum absolute atomic E-state index is 0.536. The maximum atomic E-state index is 6.21. The zero-order valence-electron chi connectivity index (χ0n) is 15.8. The number of ether oxygens (including phenoxy) is 2. The number of hydrogen-bond donors (Lipinski definition) is 0. The maximum Gasteiger partial charge on any atom is 0.138 e. The third-order valence-electron chi connectivity index (χ3n) is 5.55. The van der Waals surface area contributed by atoms with Crippen molar-refractivity contribution in [1.29, 1.82) is 0 Å². The first-order chi connectivity index (χ1) is 14.3. The molecular weight excluding hydrogens is 356 g/mol. The number of rotatable bonds is 4. The SMILES string of the molecule is c1ccc2cc3c(OCc4ccc(-c5ccc6cc5O6)cc4)cccc3cc2c1. The summed E-state index contributed by atoms with van der Waals surface area (Å²) in [4.78, 5) is 0. The lowest BCUT2D eigenvalue weighted by molar-refractivity contribution is 0.310. The monoisotopic (exact) mass is 374 g/mol. The summed E-state index contributed by atoms with van der Waals surface area (Å²) in [5.74, 6) is 2.81. The van der Waals surface area contributed by atoms with E-state index in [0.29, 0.717) is 6.61 Å². The molecule has 0 N–H and O–H groups in total. The van der Waals surface area contributed by atoms with Crippen LogP contribution >= 0.6 is 0 Å². The first kappa shape index (κ1) is 16.2. The zero-order chi connectivity index (χ0) is 19.2. The van der Waals surface area contributed by atoms with Crippen LogP contribution in [0.25, 0.3) is 32.7 Å². The van der Waals surface area contributed by atoms with Crippen LogP contribution in [0.15, 0.2) is 97.1 Å². The van der Waals surface area contributed by atoms with Crippen molar-refractivity contribution in [3.8, 4) is 28.4 Å². The Labute approximate surface area is 168 Å². The summed E-state index contributed by atoms with van der Waals surface area (Å²) in [6.45, 7) is 0.536. The van der Waals surface area contributed by atoms with Crippen molar-refractivity contribution < 1.29 is 9.47 Å². The van der Waals surface area contributed by atoms with Crippen LogP contribution in [0.1, 0.15) is 5.56 Å². The van der Waals surface area contributed by atoms with E-state index in [1.54, 1.807) is 0 Å². The van der Waals surface area contributed by atoms with Gasteiger partial charge in [-0.15, -0.1) is 0 Å². The van der Waals surface area contributed by atoms with Crippen molar-refractivity contribution in [3.63, 3.8) is 0 Å². The highest BCUT2D eigenvalue weighted by Crippen LogP contribution is 2.43. The van der Waals surface area contributed by atoms with Gasteiger partial charge in [0, 0.05) is 17.0 Å². The molecule has 0 spiro atoms. The van der Waals surface area contributed by atoms with Gasteiger partial charge in [0.15, 0.2) is 0 Å². The fourth-order valence-electron chi connectivity index (χ4n) is 3.96. The van der Waals surface area contributed by atoms with E-state index in [2.05, 4.69) is 84.9 Å². The van der Waals surface area contributed by atoms with E-state index in [-0.39, 0.29) is 0 Å². The van der Waals surface area contributed by atoms with E-state index >= 15 is 0 Å². The Kier molecular flexibility index (Phi) is 3.57. The normalized spacial score (nSPS) is 11.9. The molecule has 0 radical (unpaired) electrons. The van der Waals surface area contributed by atoms with Gasteiger partial charge in [0.1, 0.15) is 23.9 Å². The van der Waals surface area contributed by atoms with E-state index in [1.165, 1.54) is 16.2 Å². The van der Waals surface area contributed by atoms with Crippen molar-refractivity contribution in [1.82, 2.24) is 0 Å². The molecule has 2 heteroatoms. The number of hydrogen-bond acceptors (Lipinski definition) is 2. The number of fused-ring (bicyclic) bond motifs is 4. The minimum atomic E-state index is 0.536. The van der Waals surface area contributed by atoms with Gasteiger partial charge in [-0.05, 0) is 57.6 Å². The highest BCUT2D eigenvalue weighted by molar-refractivity contribution is 6.00. The average molecular weight is 374 g/mol. The first-order valence-electron chi connectivity index (χ1n) is 9.79. The number of benzene rings is 5. The zero-order valence-corrected chi connectivity index (χ0v) is 15.8. The quantitative estimate of drug-likeness (QED) is 0.300. The van der Waals surface area contributed by atoms with Crippen molar-refractivity contribution >= 4 is 21.5 Å². The fraction of sp³-hybridized carbons (Fsp3) is 0.0370. The summed E-state index contributed by atoms with van der Waals surface area (Å²) >= 11 is 0. The van der Waals surface area contributed by atoms with Crippen LogP contribution in [-0.2, 0) is 6.61 Å². The van der Waals surface area contributed by atoms with Gasteiger partial charge < -0.3 is 9.47 Å². The van der Waals surface area contributed by atoms with Gasteiger partial charge >= 0.3 is 0 Å². The van der Waals surface area contributed by atoms with Crippen LogP contribution in [-0.4, -0.2) is 0 Å². The van der Waals surface area contributed by atoms with Crippen molar-refractivity contribution in [3.05, 3.63) is 103 Å². The Morgan fingerprint density at radius 1 is 0.655 bits per heavy atom. The molecule has 0 atom stereocenters. The molecule has 5 aromatic rings. The lowest BCUT2D eigenvalue weighted by Crippen LogP contribution is -1.98. The average Bonchev–Trinajstić information content (AvgIpc) is 2.76. The second-order valence-corrected chi connectivity index (χ2v) is 7.42. The Morgan fingerprint density at radius 3 is 2.17 bits per heavy atom. The van der Waals surface area contributed by atoms with Crippen LogP contribution in [0.5, 0.6) is 17.2 Å². The summed E-state index contributed by atoms with van der Waals surface area (Å²) in [5.41, 5.74) is 3.43. The van der Waals surface area contributed by atoms with Crippen LogP contribution in [0.4, 0.5) is 0 Å². The molecule has 5 aromatic carbocycles. The molecule has 2 bridgehead atoms. The summed E-state index contributed by atoms with van der Waals surface area (Å²) in [7, 11) is 0. The molecule has 29 heavy (non-hydrogen) atoms. The van der Waals surface area contributed by atoms with E-state index in [0.717, 1.165) is 39.3 Å². The van der Waals surface area contributed by atoms with Gasteiger partial charge in [-0.25, -0.2) is 0 Å². The van der Waals surface area contributed by atoms with Crippen LogP contribution in [0, 0.1) is 0 Å². The lowest BCUT2D eigenvalue weighted by Gasteiger charge is -2.20. The molecule has 0 amide bonds. The largest absolute Gasteiger partial charge is 0.488 e. The molecule has 7 rings (SSSR count). The smallest absolute Gasteiger partial charge is 0.138 e. The van der Waals surface area contributed by atoms with E-state index in [1.807, 2.05) is 12.1 Å². The Bertz CT molecular complexity index is 1360. The van der Waals surface area contributed by atoms with Gasteiger partial charge in [0.2, 0.25) is 0 Å². The van der Waals surface area contributed by atoms with Crippen LogP contribution in [0.2, 0.25) is 0 Å². The summed E-state index contributed by atoms with van der Waals surface area (Å²) < 4.78 is 11.8. The van der Waals surface area contributed by atoms with Crippen LogP contribution < -0.4 is 9.47 Å². The van der Waals surface area contributed by atoms with Crippen molar-refractivity contribution in [2.45, 2.75) is 6.61 Å². The first-order valence-corrected chi connectivity index (χ1v) is 9.79. The predicted octanol–water partition coefficient (Wildman–Crippen LogP) is 7.34. The van der Waals surface area contributed by atoms with E-state index < -0.39 is 0 Å². The van der Waals surface area contributed by atoms with Crippen LogP contribution in [0.3, 0.4) is 0 Å².